The normalized spacial score (nSPS) is 19.6. The van der Waals surface area contributed by atoms with Gasteiger partial charge in [-0.15, -0.1) is 0 Å². The Labute approximate surface area is 128 Å². The van der Waals surface area contributed by atoms with Crippen LogP contribution >= 0.6 is 0 Å². The van der Waals surface area contributed by atoms with Crippen LogP contribution in [0.25, 0.3) is 0 Å². The van der Waals surface area contributed by atoms with Crippen molar-refractivity contribution < 1.29 is 18.1 Å². The first kappa shape index (κ1) is 16.4. The first-order valence-electron chi connectivity index (χ1n) is 6.78. The maximum absolute atomic E-state index is 12.2. The molecule has 1 aromatic rings. The summed E-state index contributed by atoms with van der Waals surface area (Å²) in [6.45, 7) is 0.555. The van der Waals surface area contributed by atoms with E-state index in [1.807, 2.05) is 0 Å². The predicted octanol–water partition coefficient (Wildman–Crippen LogP) is 1.20. The van der Waals surface area contributed by atoms with E-state index in [-0.39, 0.29) is 18.1 Å². The van der Waals surface area contributed by atoms with Crippen LogP contribution in [0.1, 0.15) is 12.8 Å². The average molecular weight is 327 g/mol. The lowest BCUT2D eigenvalue weighted by Crippen LogP contribution is -2.43. The number of non-ortho nitro benzene ring substituents is 1. The molecule has 0 spiro atoms. The summed E-state index contributed by atoms with van der Waals surface area (Å²) in [5, 5.41) is 13.3. The standard InChI is InChI=1S/C13H17N3O5S/c1-22(20,21)15-7-3-4-10(9-15)13(17)14-11-5-2-6-12(8-11)16(18)19/h2,5-6,8,10H,3-4,7,9H2,1H3,(H,14,17). The van der Waals surface area contributed by atoms with Gasteiger partial charge in [-0.1, -0.05) is 6.07 Å². The summed E-state index contributed by atoms with van der Waals surface area (Å²) in [6.07, 6.45) is 2.32. The van der Waals surface area contributed by atoms with Gasteiger partial charge in [-0.25, -0.2) is 12.7 Å². The summed E-state index contributed by atoms with van der Waals surface area (Å²) in [5.74, 6) is -0.781. The lowest BCUT2D eigenvalue weighted by atomic mass is 9.98. The number of nitrogens with one attached hydrogen (secondary N) is 1. The van der Waals surface area contributed by atoms with Crippen molar-refractivity contribution in [2.75, 3.05) is 24.7 Å². The first-order chi connectivity index (χ1) is 10.3. The van der Waals surface area contributed by atoms with Crippen LogP contribution in [0.4, 0.5) is 11.4 Å². The number of benzene rings is 1. The summed E-state index contributed by atoms with van der Waals surface area (Å²) in [4.78, 5) is 22.4. The van der Waals surface area contributed by atoms with Crippen LogP contribution in [0, 0.1) is 16.0 Å². The summed E-state index contributed by atoms with van der Waals surface area (Å²) < 4.78 is 24.4. The number of rotatable bonds is 4. The third-order valence-electron chi connectivity index (χ3n) is 3.55. The molecule has 1 aliphatic rings. The summed E-state index contributed by atoms with van der Waals surface area (Å²) >= 11 is 0. The maximum Gasteiger partial charge on any atom is 0.271 e. The Bertz CT molecular complexity index is 689. The molecule has 1 fully saturated rings. The van der Waals surface area contributed by atoms with Gasteiger partial charge in [0.05, 0.1) is 17.1 Å². The van der Waals surface area contributed by atoms with Crippen molar-refractivity contribution in [2.24, 2.45) is 5.92 Å². The molecule has 1 aromatic carbocycles. The monoisotopic (exact) mass is 327 g/mol. The molecule has 120 valence electrons. The van der Waals surface area contributed by atoms with Crippen molar-refractivity contribution in [1.29, 1.82) is 0 Å². The van der Waals surface area contributed by atoms with Gasteiger partial charge in [0.25, 0.3) is 5.69 Å². The smallest absolute Gasteiger partial charge is 0.271 e. The molecule has 0 aliphatic carbocycles. The number of carbonyl (C=O) groups excluding carboxylic acids is 1. The van der Waals surface area contributed by atoms with Gasteiger partial charge >= 0.3 is 0 Å². The molecule has 1 N–H and O–H groups in total. The molecule has 1 aliphatic heterocycles. The first-order valence-corrected chi connectivity index (χ1v) is 8.62. The van der Waals surface area contributed by atoms with Gasteiger partial charge in [-0.3, -0.25) is 14.9 Å². The minimum atomic E-state index is -3.32. The zero-order valence-electron chi connectivity index (χ0n) is 12.1. The van der Waals surface area contributed by atoms with E-state index >= 15 is 0 Å². The van der Waals surface area contributed by atoms with E-state index in [4.69, 9.17) is 0 Å². The molecular weight excluding hydrogens is 310 g/mol. The molecule has 0 saturated carbocycles. The third kappa shape index (κ3) is 4.01. The van der Waals surface area contributed by atoms with Crippen LogP contribution in [-0.2, 0) is 14.8 Å². The fourth-order valence-electron chi connectivity index (χ4n) is 2.40. The highest BCUT2D eigenvalue weighted by molar-refractivity contribution is 7.88. The molecule has 1 atom stereocenters. The van der Waals surface area contributed by atoms with Crippen LogP contribution < -0.4 is 5.32 Å². The highest BCUT2D eigenvalue weighted by Gasteiger charge is 2.30. The van der Waals surface area contributed by atoms with Gasteiger partial charge < -0.3 is 5.32 Å². The number of nitrogens with zero attached hydrogens (tertiary/aromatic N) is 2. The predicted molar refractivity (Wildman–Crippen MR) is 80.9 cm³/mol. The molecule has 9 heteroatoms. The van der Waals surface area contributed by atoms with Gasteiger partial charge in [0.2, 0.25) is 15.9 Å². The molecule has 0 bridgehead atoms. The zero-order chi connectivity index (χ0) is 16.3. The number of hydrogen-bond acceptors (Lipinski definition) is 5. The van der Waals surface area contributed by atoms with Crippen LogP contribution in [0.5, 0.6) is 0 Å². The topological polar surface area (TPSA) is 110 Å². The second-order valence-electron chi connectivity index (χ2n) is 5.26. The Hall–Kier alpha value is -2.00. The van der Waals surface area contributed by atoms with E-state index in [9.17, 15) is 23.3 Å². The average Bonchev–Trinajstić information content (AvgIpc) is 2.46. The van der Waals surface area contributed by atoms with Crippen molar-refractivity contribution in [3.05, 3.63) is 34.4 Å². The van der Waals surface area contributed by atoms with Crippen molar-refractivity contribution >= 4 is 27.3 Å². The van der Waals surface area contributed by atoms with Gasteiger partial charge in [0.1, 0.15) is 0 Å². The van der Waals surface area contributed by atoms with Crippen LogP contribution in [0.15, 0.2) is 24.3 Å². The van der Waals surface area contributed by atoms with Crippen LogP contribution in [0.2, 0.25) is 0 Å². The zero-order valence-corrected chi connectivity index (χ0v) is 12.9. The van der Waals surface area contributed by atoms with E-state index in [1.54, 1.807) is 6.07 Å². The molecule has 2 rings (SSSR count). The SMILES string of the molecule is CS(=O)(=O)N1CCCC(C(=O)Nc2cccc([N+](=O)[O-])c2)C1. The highest BCUT2D eigenvalue weighted by atomic mass is 32.2. The largest absolute Gasteiger partial charge is 0.326 e. The quantitative estimate of drug-likeness (QED) is 0.660. The number of amides is 1. The third-order valence-corrected chi connectivity index (χ3v) is 4.82. The molecule has 8 nitrogen and oxygen atoms in total. The van der Waals surface area contributed by atoms with Gasteiger partial charge in [0.15, 0.2) is 0 Å². The Morgan fingerprint density at radius 1 is 1.45 bits per heavy atom. The maximum atomic E-state index is 12.2. The minimum absolute atomic E-state index is 0.112. The van der Waals surface area contributed by atoms with E-state index in [2.05, 4.69) is 5.32 Å². The Kier molecular flexibility index (Phi) is 4.77. The van der Waals surface area contributed by atoms with E-state index < -0.39 is 20.9 Å². The lowest BCUT2D eigenvalue weighted by Gasteiger charge is -2.30. The van der Waals surface area contributed by atoms with Crippen molar-refractivity contribution in [1.82, 2.24) is 4.31 Å². The number of nitro benzene ring substituents is 1. The Morgan fingerprint density at radius 3 is 2.82 bits per heavy atom. The number of carbonyl (C=O) groups is 1. The molecule has 0 radical (unpaired) electrons. The van der Waals surface area contributed by atoms with Gasteiger partial charge in [-0.2, -0.15) is 0 Å². The molecule has 22 heavy (non-hydrogen) atoms. The lowest BCUT2D eigenvalue weighted by molar-refractivity contribution is -0.384. The number of hydrogen-bond donors (Lipinski definition) is 1. The highest BCUT2D eigenvalue weighted by Crippen LogP contribution is 2.22. The summed E-state index contributed by atoms with van der Waals surface area (Å²) in [5.41, 5.74) is 0.217. The fourth-order valence-corrected chi connectivity index (χ4v) is 3.31. The second-order valence-corrected chi connectivity index (χ2v) is 7.24. The number of sulfonamides is 1. The number of anilines is 1. The molecule has 1 saturated heterocycles. The minimum Gasteiger partial charge on any atom is -0.326 e. The number of piperidine rings is 1. The van der Waals surface area contributed by atoms with E-state index in [1.165, 1.54) is 22.5 Å². The summed E-state index contributed by atoms with van der Waals surface area (Å²) in [6, 6.07) is 5.65. The molecule has 1 amide bonds. The Morgan fingerprint density at radius 2 is 2.18 bits per heavy atom. The Balaban J connectivity index is 2.06. The van der Waals surface area contributed by atoms with Crippen LogP contribution in [-0.4, -0.2) is 42.9 Å². The molecular formula is C13H17N3O5S. The van der Waals surface area contributed by atoms with Gasteiger partial charge in [-0.05, 0) is 18.9 Å². The molecule has 1 unspecified atom stereocenters. The van der Waals surface area contributed by atoms with Crippen molar-refractivity contribution in [3.8, 4) is 0 Å². The number of nitro groups is 1. The van der Waals surface area contributed by atoms with Crippen molar-refractivity contribution in [3.63, 3.8) is 0 Å². The fraction of sp³-hybridized carbons (Fsp3) is 0.462. The summed E-state index contributed by atoms with van der Waals surface area (Å²) in [7, 11) is -3.32. The van der Waals surface area contributed by atoms with Gasteiger partial charge in [0, 0.05) is 30.9 Å². The molecule has 1 heterocycles. The molecule has 0 aromatic heterocycles. The van der Waals surface area contributed by atoms with Crippen LogP contribution in [0.3, 0.4) is 0 Å². The second kappa shape index (κ2) is 6.41. The van der Waals surface area contributed by atoms with Crippen molar-refractivity contribution in [2.45, 2.75) is 12.8 Å². The van der Waals surface area contributed by atoms with E-state index in [0.29, 0.717) is 25.1 Å². The van der Waals surface area contributed by atoms with E-state index in [0.717, 1.165) is 6.26 Å².